The molecule has 0 aromatic heterocycles. The van der Waals surface area contributed by atoms with Gasteiger partial charge in [0.15, 0.2) is 0 Å². The van der Waals surface area contributed by atoms with Gasteiger partial charge in [-0.25, -0.2) is 0 Å². The Bertz CT molecular complexity index is 573. The number of hydrogen-bond acceptors (Lipinski definition) is 0. The molecule has 0 aliphatic heterocycles. The maximum absolute atomic E-state index is 4.05. The molecule has 0 nitrogen and oxygen atoms in total. The van der Waals surface area contributed by atoms with Crippen LogP contribution in [-0.2, 0) is 0 Å². The van der Waals surface area contributed by atoms with E-state index in [1.807, 2.05) is 13.0 Å². The summed E-state index contributed by atoms with van der Waals surface area (Å²) in [5, 5.41) is 0. The first-order valence-corrected chi connectivity index (χ1v) is 9.27. The van der Waals surface area contributed by atoms with E-state index in [1.165, 1.54) is 14.7 Å². The summed E-state index contributed by atoms with van der Waals surface area (Å²) in [6.45, 7) is 10.3. The minimum Gasteiger partial charge on any atom is -0.164 e. The van der Waals surface area contributed by atoms with Gasteiger partial charge in [-0.05, 0) is 59.9 Å². The fourth-order valence-electron chi connectivity index (χ4n) is 2.30. The van der Waals surface area contributed by atoms with Crippen LogP contribution in [-0.4, -0.2) is 6.26 Å². The van der Waals surface area contributed by atoms with E-state index in [4.69, 9.17) is 0 Å². The Labute approximate surface area is 131 Å². The van der Waals surface area contributed by atoms with E-state index in [2.05, 4.69) is 93.5 Å². The summed E-state index contributed by atoms with van der Waals surface area (Å²) in [6.07, 6.45) is 17.2. The molecule has 0 spiro atoms. The number of benzene rings is 1. The Morgan fingerprint density at radius 1 is 1.00 bits per heavy atom. The average Bonchev–Trinajstić information content (AvgIpc) is 2.53. The fraction of sp³-hybridized carbons (Fsp3) is 0.200. The Kier molecular flexibility index (Phi) is 7.04. The summed E-state index contributed by atoms with van der Waals surface area (Å²) in [5.41, 5.74) is 0. The maximum Gasteiger partial charge on any atom is -0.00213 e. The molecule has 0 amide bonds. The highest BCUT2D eigenvalue weighted by Crippen LogP contribution is 2.65. The van der Waals surface area contributed by atoms with Crippen LogP contribution in [0.3, 0.4) is 0 Å². The van der Waals surface area contributed by atoms with Crippen molar-refractivity contribution >= 4 is 10.0 Å². The fourth-order valence-corrected chi connectivity index (χ4v) is 5.38. The first-order chi connectivity index (χ1) is 10.1. The zero-order chi connectivity index (χ0) is 15.7. The first kappa shape index (κ1) is 17.3. The van der Waals surface area contributed by atoms with Gasteiger partial charge in [0.25, 0.3) is 0 Å². The lowest BCUT2D eigenvalue weighted by Gasteiger charge is -2.39. The number of hydrogen-bond donors (Lipinski definition) is 0. The van der Waals surface area contributed by atoms with Gasteiger partial charge in [-0.1, -0.05) is 61.2 Å². The third-order valence-electron chi connectivity index (χ3n) is 3.43. The monoisotopic (exact) mass is 298 g/mol. The second-order valence-corrected chi connectivity index (χ2v) is 7.97. The molecule has 1 aromatic rings. The van der Waals surface area contributed by atoms with Crippen molar-refractivity contribution in [2.45, 2.75) is 25.7 Å². The van der Waals surface area contributed by atoms with Crippen LogP contribution in [0.25, 0.3) is 0 Å². The summed E-state index contributed by atoms with van der Waals surface area (Å²) >= 11 is 0. The van der Waals surface area contributed by atoms with E-state index in [-0.39, 0.29) is 0 Å². The molecule has 1 aromatic carbocycles. The lowest BCUT2D eigenvalue weighted by Crippen LogP contribution is -2.03. The molecule has 1 heteroatoms. The Balaban J connectivity index is 3.60. The molecule has 0 bridgehead atoms. The third kappa shape index (κ3) is 3.89. The van der Waals surface area contributed by atoms with Crippen LogP contribution in [0.1, 0.15) is 20.8 Å². The van der Waals surface area contributed by atoms with E-state index in [0.717, 1.165) is 0 Å². The van der Waals surface area contributed by atoms with E-state index < -0.39 is 10.0 Å². The van der Waals surface area contributed by atoms with Gasteiger partial charge in [0, 0.05) is 0 Å². The zero-order valence-electron chi connectivity index (χ0n) is 13.5. The van der Waals surface area contributed by atoms with Crippen LogP contribution in [0.2, 0.25) is 0 Å². The smallest absolute Gasteiger partial charge is 0.00213 e. The van der Waals surface area contributed by atoms with Gasteiger partial charge in [0.1, 0.15) is 0 Å². The maximum atomic E-state index is 4.05. The van der Waals surface area contributed by atoms with Gasteiger partial charge in [-0.2, -0.15) is 10.0 Å². The predicted molar refractivity (Wildman–Crippen MR) is 99.9 cm³/mol. The summed E-state index contributed by atoms with van der Waals surface area (Å²) in [4.78, 5) is 3.98. The minimum atomic E-state index is -1.27. The largest absolute Gasteiger partial charge is 0.164 e. The van der Waals surface area contributed by atoms with E-state index >= 15 is 0 Å². The van der Waals surface area contributed by atoms with Crippen molar-refractivity contribution in [1.82, 2.24) is 0 Å². The van der Waals surface area contributed by atoms with Crippen molar-refractivity contribution in [2.75, 3.05) is 6.26 Å². The molecule has 1 rings (SSSR count). The van der Waals surface area contributed by atoms with Crippen molar-refractivity contribution < 1.29 is 0 Å². The minimum absolute atomic E-state index is 1.27. The van der Waals surface area contributed by atoms with Gasteiger partial charge in [-0.15, -0.1) is 0 Å². The van der Waals surface area contributed by atoms with Crippen molar-refractivity contribution in [3.63, 3.8) is 0 Å². The van der Waals surface area contributed by atoms with Crippen molar-refractivity contribution in [3.05, 3.63) is 89.3 Å². The molecule has 0 saturated carbocycles. The highest BCUT2D eigenvalue weighted by atomic mass is 32.3. The molecular formula is C20H26S. The van der Waals surface area contributed by atoms with E-state index in [1.54, 1.807) is 0 Å². The summed E-state index contributed by atoms with van der Waals surface area (Å²) in [5.74, 6) is 0. The quantitative estimate of drug-likeness (QED) is 0.519. The summed E-state index contributed by atoms with van der Waals surface area (Å²) in [7, 11) is -1.27. The lowest BCUT2D eigenvalue weighted by molar-refractivity contribution is 1.43. The van der Waals surface area contributed by atoms with Gasteiger partial charge < -0.3 is 0 Å². The molecular weight excluding hydrogens is 272 g/mol. The summed E-state index contributed by atoms with van der Waals surface area (Å²) < 4.78 is 0. The van der Waals surface area contributed by atoms with Gasteiger partial charge in [0.2, 0.25) is 0 Å². The highest BCUT2D eigenvalue weighted by molar-refractivity contribution is 8.39. The van der Waals surface area contributed by atoms with Gasteiger partial charge >= 0.3 is 0 Å². The van der Waals surface area contributed by atoms with Gasteiger partial charge in [-0.3, -0.25) is 0 Å². The van der Waals surface area contributed by atoms with Crippen LogP contribution in [0.5, 0.6) is 0 Å². The molecule has 0 N–H and O–H groups in total. The molecule has 1 unspecified atom stereocenters. The van der Waals surface area contributed by atoms with Crippen LogP contribution in [0, 0.1) is 0 Å². The van der Waals surface area contributed by atoms with Gasteiger partial charge in [0.05, 0.1) is 0 Å². The van der Waals surface area contributed by atoms with E-state index in [0.29, 0.717) is 0 Å². The normalized spacial score (nSPS) is 17.9. The lowest BCUT2D eigenvalue weighted by atomic mass is 10.4. The first-order valence-electron chi connectivity index (χ1n) is 7.23. The van der Waals surface area contributed by atoms with Crippen molar-refractivity contribution in [2.24, 2.45) is 0 Å². The van der Waals surface area contributed by atoms with Crippen LogP contribution < -0.4 is 0 Å². The molecule has 0 saturated heterocycles. The molecule has 0 aliphatic rings. The van der Waals surface area contributed by atoms with Crippen LogP contribution in [0.4, 0.5) is 0 Å². The standard InChI is InChI=1S/C20H26S/c1-6-10-15-19(9-4)21(5,18(8-3)14-7-2)20-16-12-11-13-17-20/h6-17H,4H2,1-3,5H3. The second kappa shape index (κ2) is 8.53. The molecule has 112 valence electrons. The number of allylic oxidation sites excluding steroid dienone is 7. The molecule has 0 radical (unpaired) electrons. The van der Waals surface area contributed by atoms with E-state index in [9.17, 15) is 0 Å². The Hall–Kier alpha value is -1.73. The molecule has 1 atom stereocenters. The third-order valence-corrected chi connectivity index (χ3v) is 7.20. The zero-order valence-corrected chi connectivity index (χ0v) is 14.4. The predicted octanol–water partition coefficient (Wildman–Crippen LogP) is 6.61. The molecule has 0 aliphatic carbocycles. The summed E-state index contributed by atoms with van der Waals surface area (Å²) in [6, 6.07) is 10.7. The average molecular weight is 298 g/mol. The number of rotatable bonds is 6. The van der Waals surface area contributed by atoms with Crippen molar-refractivity contribution in [3.8, 4) is 0 Å². The van der Waals surface area contributed by atoms with Crippen molar-refractivity contribution in [1.29, 1.82) is 0 Å². The molecule has 0 heterocycles. The Morgan fingerprint density at radius 2 is 1.67 bits per heavy atom. The SMILES string of the molecule is C=CC(=CC=CC)S(C)(C(C=CC)=CC)c1ccccc1. The molecule has 0 fully saturated rings. The van der Waals surface area contributed by atoms with Crippen LogP contribution in [0.15, 0.2) is 94.1 Å². The Morgan fingerprint density at radius 3 is 2.14 bits per heavy atom. The topological polar surface area (TPSA) is 0 Å². The highest BCUT2D eigenvalue weighted by Gasteiger charge is 2.26. The van der Waals surface area contributed by atoms with Crippen LogP contribution >= 0.6 is 10.0 Å². The molecule has 21 heavy (non-hydrogen) atoms. The second-order valence-electron chi connectivity index (χ2n) is 4.72.